The lowest BCUT2D eigenvalue weighted by molar-refractivity contribution is -0.161. The highest BCUT2D eigenvalue weighted by Gasteiger charge is 2.26. The third-order valence-corrected chi connectivity index (χ3v) is 9.64. The summed E-state index contributed by atoms with van der Waals surface area (Å²) in [5, 5.41) is 0. The Bertz CT molecular complexity index is 825. The minimum absolute atomic E-state index is 0.0546. The molecular weight excluding hydrogens is 641 g/mol. The van der Waals surface area contributed by atoms with E-state index in [4.69, 9.17) is 24.3 Å². The molecular formula is C39H76NO8P. The van der Waals surface area contributed by atoms with Gasteiger partial charge in [0.05, 0.1) is 13.2 Å². The third-order valence-electron chi connectivity index (χ3n) is 8.65. The van der Waals surface area contributed by atoms with Crippen LogP contribution in [0.15, 0.2) is 12.2 Å². The van der Waals surface area contributed by atoms with Crippen LogP contribution in [0.5, 0.6) is 0 Å². The Labute approximate surface area is 300 Å². The van der Waals surface area contributed by atoms with Crippen molar-refractivity contribution in [2.75, 3.05) is 26.4 Å². The van der Waals surface area contributed by atoms with Crippen LogP contribution in [0, 0.1) is 0 Å². The summed E-state index contributed by atoms with van der Waals surface area (Å²) in [5.41, 5.74) is 5.33. The molecule has 0 aromatic rings. The topological polar surface area (TPSA) is 134 Å². The SMILES string of the molecule is CCCCCCCC/C=C\CCCCCCCC(=O)O[C@H](COC(=O)CCCCCCCCCCCCCCC)COP(=O)(O)OCCN. The monoisotopic (exact) mass is 718 g/mol. The van der Waals surface area contributed by atoms with E-state index < -0.39 is 26.5 Å². The number of esters is 2. The summed E-state index contributed by atoms with van der Waals surface area (Å²) in [7, 11) is -4.37. The molecule has 0 bridgehead atoms. The van der Waals surface area contributed by atoms with Crippen LogP contribution in [0.1, 0.15) is 194 Å². The quantitative estimate of drug-likeness (QED) is 0.0277. The molecule has 49 heavy (non-hydrogen) atoms. The van der Waals surface area contributed by atoms with Gasteiger partial charge in [0.25, 0.3) is 0 Å². The van der Waals surface area contributed by atoms with Crippen LogP contribution in [0.4, 0.5) is 0 Å². The molecule has 290 valence electrons. The molecule has 0 amide bonds. The van der Waals surface area contributed by atoms with E-state index in [0.29, 0.717) is 6.42 Å². The van der Waals surface area contributed by atoms with Gasteiger partial charge in [-0.3, -0.25) is 18.6 Å². The predicted octanol–water partition coefficient (Wildman–Crippen LogP) is 11.1. The van der Waals surface area contributed by atoms with Crippen molar-refractivity contribution in [1.82, 2.24) is 0 Å². The number of ether oxygens (including phenoxy) is 2. The molecule has 1 unspecified atom stereocenters. The average Bonchev–Trinajstić information content (AvgIpc) is 3.08. The second kappa shape index (κ2) is 36.5. The zero-order valence-electron chi connectivity index (χ0n) is 31.7. The van der Waals surface area contributed by atoms with E-state index in [0.717, 1.165) is 51.4 Å². The number of phosphoric acid groups is 1. The van der Waals surface area contributed by atoms with E-state index in [-0.39, 0.29) is 38.6 Å². The van der Waals surface area contributed by atoms with Gasteiger partial charge in [0.15, 0.2) is 6.10 Å². The Balaban J connectivity index is 4.19. The van der Waals surface area contributed by atoms with Crippen LogP contribution in [-0.2, 0) is 32.7 Å². The lowest BCUT2D eigenvalue weighted by Gasteiger charge is -2.19. The summed E-state index contributed by atoms with van der Waals surface area (Å²) in [6.45, 7) is 3.73. The molecule has 0 aliphatic heterocycles. The molecule has 0 heterocycles. The highest BCUT2D eigenvalue weighted by atomic mass is 31.2. The number of rotatable bonds is 38. The van der Waals surface area contributed by atoms with Gasteiger partial charge in [0.2, 0.25) is 0 Å². The zero-order valence-corrected chi connectivity index (χ0v) is 32.6. The van der Waals surface area contributed by atoms with Gasteiger partial charge in [-0.1, -0.05) is 154 Å². The predicted molar refractivity (Wildman–Crippen MR) is 201 cm³/mol. The Hall–Kier alpha value is -1.25. The number of carbonyl (C=O) groups is 2. The van der Waals surface area contributed by atoms with E-state index in [2.05, 4.69) is 26.0 Å². The maximum atomic E-state index is 12.5. The van der Waals surface area contributed by atoms with Crippen molar-refractivity contribution in [2.24, 2.45) is 5.73 Å². The van der Waals surface area contributed by atoms with E-state index in [1.807, 2.05) is 0 Å². The first-order chi connectivity index (χ1) is 23.8. The van der Waals surface area contributed by atoms with Crippen LogP contribution in [0.3, 0.4) is 0 Å². The largest absolute Gasteiger partial charge is 0.472 e. The maximum Gasteiger partial charge on any atom is 0.472 e. The summed E-state index contributed by atoms with van der Waals surface area (Å²) in [6.07, 6.45) is 35.2. The highest BCUT2D eigenvalue weighted by Crippen LogP contribution is 2.43. The number of unbranched alkanes of at least 4 members (excludes halogenated alkanes) is 23. The van der Waals surface area contributed by atoms with Crippen LogP contribution >= 0.6 is 7.82 Å². The molecule has 0 radical (unpaired) electrons. The van der Waals surface area contributed by atoms with Crippen LogP contribution in [0.2, 0.25) is 0 Å². The first-order valence-electron chi connectivity index (χ1n) is 20.2. The van der Waals surface area contributed by atoms with E-state index in [9.17, 15) is 19.0 Å². The van der Waals surface area contributed by atoms with Gasteiger partial charge in [-0.25, -0.2) is 4.57 Å². The minimum Gasteiger partial charge on any atom is -0.462 e. The number of carbonyl (C=O) groups excluding carboxylic acids is 2. The van der Waals surface area contributed by atoms with Crippen LogP contribution < -0.4 is 5.73 Å². The number of allylic oxidation sites excluding steroid dienone is 2. The van der Waals surface area contributed by atoms with Gasteiger partial charge >= 0.3 is 19.8 Å². The zero-order chi connectivity index (χ0) is 36.1. The van der Waals surface area contributed by atoms with Crippen molar-refractivity contribution in [1.29, 1.82) is 0 Å². The molecule has 0 aromatic carbocycles. The van der Waals surface area contributed by atoms with Gasteiger partial charge in [0, 0.05) is 19.4 Å². The van der Waals surface area contributed by atoms with Gasteiger partial charge in [-0.05, 0) is 38.5 Å². The summed E-state index contributed by atoms with van der Waals surface area (Å²) >= 11 is 0. The van der Waals surface area contributed by atoms with E-state index >= 15 is 0 Å². The highest BCUT2D eigenvalue weighted by molar-refractivity contribution is 7.47. The number of nitrogens with two attached hydrogens (primary N) is 1. The molecule has 10 heteroatoms. The first-order valence-corrected chi connectivity index (χ1v) is 21.7. The summed E-state index contributed by atoms with van der Waals surface area (Å²) < 4.78 is 32.7. The smallest absolute Gasteiger partial charge is 0.462 e. The molecule has 9 nitrogen and oxygen atoms in total. The number of phosphoric ester groups is 1. The summed E-state index contributed by atoms with van der Waals surface area (Å²) in [4.78, 5) is 34.7. The fraction of sp³-hybridized carbons (Fsp3) is 0.897. The first kappa shape index (κ1) is 47.8. The minimum atomic E-state index is -4.37. The Morgan fingerprint density at radius 3 is 1.45 bits per heavy atom. The molecule has 2 atom stereocenters. The number of hydrogen-bond acceptors (Lipinski definition) is 8. The van der Waals surface area contributed by atoms with Crippen molar-refractivity contribution >= 4 is 19.8 Å². The van der Waals surface area contributed by atoms with Crippen molar-refractivity contribution in [3.05, 3.63) is 12.2 Å². The molecule has 0 aliphatic carbocycles. The van der Waals surface area contributed by atoms with Gasteiger partial charge < -0.3 is 20.1 Å². The van der Waals surface area contributed by atoms with Crippen LogP contribution in [-0.4, -0.2) is 49.3 Å². The average molecular weight is 718 g/mol. The van der Waals surface area contributed by atoms with Crippen molar-refractivity contribution in [3.8, 4) is 0 Å². The van der Waals surface area contributed by atoms with E-state index in [1.54, 1.807) is 0 Å². The molecule has 0 aromatic heterocycles. The summed E-state index contributed by atoms with van der Waals surface area (Å²) in [6, 6.07) is 0. The van der Waals surface area contributed by atoms with Crippen molar-refractivity contribution in [3.63, 3.8) is 0 Å². The van der Waals surface area contributed by atoms with E-state index in [1.165, 1.54) is 109 Å². The maximum absolute atomic E-state index is 12.5. The Morgan fingerprint density at radius 2 is 1.00 bits per heavy atom. The molecule has 3 N–H and O–H groups in total. The third kappa shape index (κ3) is 36.3. The second-order valence-electron chi connectivity index (χ2n) is 13.5. The molecule has 0 saturated heterocycles. The molecule has 0 spiro atoms. The normalized spacial score (nSPS) is 13.5. The lowest BCUT2D eigenvalue weighted by Crippen LogP contribution is -2.29. The molecule has 0 saturated carbocycles. The van der Waals surface area contributed by atoms with Crippen molar-refractivity contribution < 1.29 is 37.6 Å². The fourth-order valence-corrected chi connectivity index (χ4v) is 6.39. The lowest BCUT2D eigenvalue weighted by atomic mass is 10.0. The molecule has 0 fully saturated rings. The van der Waals surface area contributed by atoms with Gasteiger partial charge in [0.1, 0.15) is 6.61 Å². The van der Waals surface area contributed by atoms with Crippen molar-refractivity contribution in [2.45, 2.75) is 200 Å². The van der Waals surface area contributed by atoms with Crippen LogP contribution in [0.25, 0.3) is 0 Å². The van der Waals surface area contributed by atoms with Gasteiger partial charge in [-0.15, -0.1) is 0 Å². The standard InChI is InChI=1S/C39H76NO8P/c1-3-5-7-9-11-13-15-17-18-20-22-24-26-28-30-32-39(42)48-37(36-47-49(43,44)46-34-33-40)35-45-38(41)31-29-27-25-23-21-19-16-14-12-10-8-6-4-2/h17-18,37H,3-16,19-36,40H2,1-2H3,(H,43,44)/b18-17-/t37-/m1/s1. The van der Waals surface area contributed by atoms with Gasteiger partial charge in [-0.2, -0.15) is 0 Å². The fourth-order valence-electron chi connectivity index (χ4n) is 5.63. The molecule has 0 aliphatic rings. The second-order valence-corrected chi connectivity index (χ2v) is 15.0. The Kier molecular flexibility index (Phi) is 35.6. The summed E-state index contributed by atoms with van der Waals surface area (Å²) in [5.74, 6) is -0.831. The Morgan fingerprint density at radius 1 is 0.592 bits per heavy atom. The molecule has 0 rings (SSSR count). The number of hydrogen-bond donors (Lipinski definition) is 2.